The van der Waals surface area contributed by atoms with Gasteiger partial charge in [0.15, 0.2) is 0 Å². The molecule has 1 aliphatic heterocycles. The second-order valence-corrected chi connectivity index (χ2v) is 5.77. The summed E-state index contributed by atoms with van der Waals surface area (Å²) < 4.78 is 46.6. The number of rotatable bonds is 4. The number of H-pyrrole nitrogens is 1. The number of hydrogen-bond donors (Lipinski definition) is 2. The number of ether oxygens (including phenoxy) is 1. The van der Waals surface area contributed by atoms with Crippen LogP contribution < -0.4 is 11.2 Å². The first-order chi connectivity index (χ1) is 9.67. The fraction of sp³-hybridized carbons (Fsp3) is 0.600. The Balaban J connectivity index is 2.14. The number of aromatic amines is 1. The van der Waals surface area contributed by atoms with Crippen LogP contribution in [0, 0.1) is 6.92 Å². The van der Waals surface area contributed by atoms with Gasteiger partial charge in [0.1, 0.15) is 18.5 Å². The second kappa shape index (κ2) is 5.80. The Hall–Kier alpha value is -1.35. The normalized spacial score (nSPS) is 28.5. The van der Waals surface area contributed by atoms with Crippen molar-refractivity contribution < 1.29 is 27.3 Å². The third kappa shape index (κ3) is 3.85. The van der Waals surface area contributed by atoms with Gasteiger partial charge in [-0.3, -0.25) is 23.8 Å². The lowest BCUT2D eigenvalue weighted by Crippen LogP contribution is -2.33. The first-order valence-electron chi connectivity index (χ1n) is 5.96. The maximum Gasteiger partial charge on any atom is 0.510 e. The molecule has 11 heteroatoms. The largest absolute Gasteiger partial charge is 0.510 e. The van der Waals surface area contributed by atoms with E-state index in [1.807, 2.05) is 4.98 Å². The maximum absolute atomic E-state index is 13.7. The van der Waals surface area contributed by atoms with Crippen molar-refractivity contribution in [3.63, 3.8) is 0 Å². The number of nitrogens with one attached hydrogen (secondary N) is 1. The minimum atomic E-state index is -5.22. The molecule has 2 N–H and O–H groups in total. The van der Waals surface area contributed by atoms with Gasteiger partial charge in [-0.15, -0.1) is 4.20 Å². The number of aryl methyl sites for hydroxylation is 1. The second-order valence-electron chi connectivity index (χ2n) is 4.61. The summed E-state index contributed by atoms with van der Waals surface area (Å²) in [6.07, 6.45) is -2.93. The van der Waals surface area contributed by atoms with Crippen LogP contribution in [0.3, 0.4) is 0 Å². The summed E-state index contributed by atoms with van der Waals surface area (Å²) in [4.78, 5) is 33.3. The van der Waals surface area contributed by atoms with E-state index in [-0.39, 0.29) is 12.0 Å². The molecule has 118 valence electrons. The van der Waals surface area contributed by atoms with Crippen molar-refractivity contribution >= 4 is 7.91 Å². The molecule has 1 fully saturated rings. The molecule has 1 aliphatic rings. The third-order valence-corrected chi connectivity index (χ3v) is 3.48. The monoisotopic (exact) mass is 326 g/mol. The van der Waals surface area contributed by atoms with Crippen LogP contribution in [0.15, 0.2) is 15.8 Å². The summed E-state index contributed by atoms with van der Waals surface area (Å²) in [5, 5.41) is 0. The van der Waals surface area contributed by atoms with E-state index >= 15 is 0 Å². The van der Waals surface area contributed by atoms with Crippen LogP contribution in [0.5, 0.6) is 0 Å². The molecule has 0 aromatic carbocycles. The zero-order valence-corrected chi connectivity index (χ0v) is 11.8. The van der Waals surface area contributed by atoms with Gasteiger partial charge in [0.2, 0.25) is 0 Å². The highest BCUT2D eigenvalue weighted by Crippen LogP contribution is 2.44. The van der Waals surface area contributed by atoms with Crippen LogP contribution in [0.1, 0.15) is 18.2 Å². The summed E-state index contributed by atoms with van der Waals surface area (Å²) in [6.45, 7) is 0.696. The van der Waals surface area contributed by atoms with E-state index in [1.165, 1.54) is 13.1 Å². The molecule has 1 unspecified atom stereocenters. The van der Waals surface area contributed by atoms with Gasteiger partial charge in [-0.05, 0) is 6.92 Å². The fourth-order valence-corrected chi connectivity index (χ4v) is 2.31. The molecule has 1 aromatic heterocycles. The van der Waals surface area contributed by atoms with Gasteiger partial charge in [-0.1, -0.05) is 0 Å². The molecule has 0 saturated carbocycles. The average Bonchev–Trinajstić information content (AvgIpc) is 2.72. The summed E-state index contributed by atoms with van der Waals surface area (Å²) >= 11 is 0. The molecular weight excluding hydrogens is 313 g/mol. The van der Waals surface area contributed by atoms with Crippen molar-refractivity contribution in [2.45, 2.75) is 31.8 Å². The molecule has 8 nitrogen and oxygen atoms in total. The van der Waals surface area contributed by atoms with Crippen LogP contribution in [-0.4, -0.2) is 33.3 Å². The first-order valence-corrected chi connectivity index (χ1v) is 7.43. The van der Waals surface area contributed by atoms with E-state index in [0.29, 0.717) is 0 Å². The van der Waals surface area contributed by atoms with Gasteiger partial charge in [-0.2, -0.15) is 0 Å². The molecule has 0 radical (unpaired) electrons. The summed E-state index contributed by atoms with van der Waals surface area (Å²) in [5.41, 5.74) is -1.11. The number of aromatic nitrogens is 2. The van der Waals surface area contributed by atoms with E-state index in [9.17, 15) is 22.7 Å². The lowest BCUT2D eigenvalue weighted by atomic mass is 10.2. The Morgan fingerprint density at radius 3 is 2.90 bits per heavy atom. The number of alkyl halides is 1. The summed E-state index contributed by atoms with van der Waals surface area (Å²) in [7, 11) is -5.22. The lowest BCUT2D eigenvalue weighted by molar-refractivity contribution is -0.0338. The Kier molecular flexibility index (Phi) is 4.43. The predicted octanol–water partition coefficient (Wildman–Crippen LogP) is 0.557. The quantitative estimate of drug-likeness (QED) is 0.782. The highest BCUT2D eigenvalue weighted by Gasteiger charge is 2.38. The maximum atomic E-state index is 13.7. The minimum Gasteiger partial charge on any atom is -0.349 e. The Labute approximate surface area is 117 Å². The molecular formula is C10H13F2N2O6P. The van der Waals surface area contributed by atoms with Crippen LogP contribution in [0.25, 0.3) is 0 Å². The van der Waals surface area contributed by atoms with Crippen LogP contribution in [-0.2, 0) is 13.8 Å². The van der Waals surface area contributed by atoms with Crippen molar-refractivity contribution in [2.75, 3.05) is 6.61 Å². The molecule has 21 heavy (non-hydrogen) atoms. The molecule has 0 amide bonds. The van der Waals surface area contributed by atoms with E-state index < -0.39 is 44.3 Å². The minimum absolute atomic E-state index is 0.233. The molecule has 1 aromatic rings. The van der Waals surface area contributed by atoms with E-state index in [1.54, 1.807) is 0 Å². The van der Waals surface area contributed by atoms with Gasteiger partial charge in [-0.25, -0.2) is 13.8 Å². The van der Waals surface area contributed by atoms with Crippen LogP contribution >= 0.6 is 7.91 Å². The van der Waals surface area contributed by atoms with E-state index in [0.717, 1.165) is 4.57 Å². The Morgan fingerprint density at radius 2 is 2.29 bits per heavy atom. The van der Waals surface area contributed by atoms with Gasteiger partial charge in [0, 0.05) is 18.2 Å². The summed E-state index contributed by atoms with van der Waals surface area (Å²) in [5.74, 6) is 0. The standard InChI is InChI=1S/C10H13F2N2O6P/c1-5-3-14(10(16)13-9(5)15)8-2-6(11)7(20-8)4-19-21(12,17)18/h3,6-8H,2,4H2,1H3,(H,17,18)(H,13,15,16)/t6-,7-,8-/m1/s1. The highest BCUT2D eigenvalue weighted by atomic mass is 31.2. The topological polar surface area (TPSA) is 111 Å². The zero-order valence-electron chi connectivity index (χ0n) is 10.9. The van der Waals surface area contributed by atoms with Gasteiger partial charge >= 0.3 is 13.6 Å². The summed E-state index contributed by atoms with van der Waals surface area (Å²) in [6, 6.07) is 0. The van der Waals surface area contributed by atoms with Crippen molar-refractivity contribution in [3.8, 4) is 0 Å². The molecule has 2 rings (SSSR count). The van der Waals surface area contributed by atoms with Gasteiger partial charge in [0.05, 0.1) is 6.61 Å². The Morgan fingerprint density at radius 1 is 1.62 bits per heavy atom. The molecule has 4 atom stereocenters. The molecule has 0 aliphatic carbocycles. The lowest BCUT2D eigenvalue weighted by Gasteiger charge is -2.15. The van der Waals surface area contributed by atoms with Gasteiger partial charge < -0.3 is 4.74 Å². The van der Waals surface area contributed by atoms with Crippen molar-refractivity contribution in [2.24, 2.45) is 0 Å². The highest BCUT2D eigenvalue weighted by molar-refractivity contribution is 7.46. The third-order valence-electron chi connectivity index (χ3n) is 3.02. The fourth-order valence-electron chi connectivity index (χ4n) is 1.98. The number of nitrogens with zero attached hydrogens (tertiary/aromatic N) is 1. The SMILES string of the molecule is Cc1cn([C@H]2C[C@@H](F)[C@@H](COP(=O)(O)F)O2)c(=O)[nH]c1=O. The van der Waals surface area contributed by atoms with Crippen molar-refractivity contribution in [1.29, 1.82) is 0 Å². The van der Waals surface area contributed by atoms with Gasteiger partial charge in [0.25, 0.3) is 5.56 Å². The van der Waals surface area contributed by atoms with E-state index in [4.69, 9.17) is 9.63 Å². The van der Waals surface area contributed by atoms with Crippen LogP contribution in [0.2, 0.25) is 0 Å². The van der Waals surface area contributed by atoms with Crippen molar-refractivity contribution in [3.05, 3.63) is 32.6 Å². The van der Waals surface area contributed by atoms with Crippen LogP contribution in [0.4, 0.5) is 8.59 Å². The Bertz CT molecular complexity index is 683. The predicted molar refractivity (Wildman–Crippen MR) is 66.4 cm³/mol. The zero-order chi connectivity index (χ0) is 15.8. The first kappa shape index (κ1) is 16.0. The molecule has 1 saturated heterocycles. The molecule has 2 heterocycles. The average molecular weight is 326 g/mol. The van der Waals surface area contributed by atoms with E-state index in [2.05, 4.69) is 4.52 Å². The number of halogens is 2. The number of hydrogen-bond acceptors (Lipinski definition) is 5. The molecule has 0 spiro atoms. The van der Waals surface area contributed by atoms with Crippen molar-refractivity contribution in [1.82, 2.24) is 9.55 Å². The molecule has 0 bridgehead atoms. The smallest absolute Gasteiger partial charge is 0.349 e.